The summed E-state index contributed by atoms with van der Waals surface area (Å²) in [4.78, 5) is 20.0. The zero-order valence-corrected chi connectivity index (χ0v) is 10.0. The molecule has 4 nitrogen and oxygen atoms in total. The smallest absolute Gasteiger partial charge is 0.151 e. The fourth-order valence-corrected chi connectivity index (χ4v) is 0.572. The summed E-state index contributed by atoms with van der Waals surface area (Å²) in [6.07, 6.45) is 2.11. The van der Waals surface area contributed by atoms with E-state index in [9.17, 15) is 19.8 Å². The van der Waals surface area contributed by atoms with Gasteiger partial charge in [-0.05, 0) is 26.0 Å². The van der Waals surface area contributed by atoms with Crippen molar-refractivity contribution in [3.05, 3.63) is 23.7 Å². The molecule has 0 amide bonds. The Kier molecular flexibility index (Phi) is 14.3. The molecule has 0 aromatic carbocycles. The summed E-state index contributed by atoms with van der Waals surface area (Å²) < 4.78 is 0. The minimum atomic E-state index is -0.187. The number of rotatable bonds is 2. The molecule has 0 aromatic rings. The van der Waals surface area contributed by atoms with Gasteiger partial charge in [0, 0.05) is 17.1 Å². The predicted octanol–water partition coefficient (Wildman–Crippen LogP) is -0.324. The number of hydrogen-bond acceptors (Lipinski definition) is 4. The molecule has 0 N–H and O–H groups in total. The molecule has 0 unspecified atom stereocenters. The molecule has 0 aromatic heterocycles. The Bertz CT molecular complexity index is 231. The Morgan fingerprint density at radius 2 is 1.00 bits per heavy atom. The van der Waals surface area contributed by atoms with Crippen molar-refractivity contribution in [3.63, 3.8) is 0 Å². The first-order chi connectivity index (χ1) is 6.25. The molecule has 0 aliphatic heterocycles. The molecule has 5 heteroatoms. The van der Waals surface area contributed by atoms with Crippen LogP contribution in [0.3, 0.4) is 0 Å². The third-order valence-corrected chi connectivity index (χ3v) is 0.813. The summed E-state index contributed by atoms with van der Waals surface area (Å²) in [5.41, 5.74) is 0. The van der Waals surface area contributed by atoms with Gasteiger partial charge in [0.05, 0.1) is 0 Å². The first kappa shape index (κ1) is 19.5. The quantitative estimate of drug-likeness (QED) is 0.388. The van der Waals surface area contributed by atoms with E-state index >= 15 is 0 Å². The SMILES string of the molecule is CC(=O)/C=C(/C)[O-].CC(=O)/C=C(/C)[O-].[Cu]. The van der Waals surface area contributed by atoms with Crippen LogP contribution in [-0.2, 0) is 26.7 Å². The van der Waals surface area contributed by atoms with Crippen LogP contribution >= 0.6 is 0 Å². The van der Waals surface area contributed by atoms with Gasteiger partial charge in [0.25, 0.3) is 0 Å². The van der Waals surface area contributed by atoms with Crippen molar-refractivity contribution in [1.82, 2.24) is 0 Å². The van der Waals surface area contributed by atoms with E-state index in [0.29, 0.717) is 0 Å². The van der Waals surface area contributed by atoms with E-state index in [1.807, 2.05) is 0 Å². The van der Waals surface area contributed by atoms with Crippen LogP contribution in [0, 0.1) is 0 Å². The van der Waals surface area contributed by atoms with E-state index < -0.39 is 0 Å². The Labute approximate surface area is 100 Å². The second-order valence-electron chi connectivity index (χ2n) is 2.73. The van der Waals surface area contributed by atoms with Gasteiger partial charge in [0.1, 0.15) is 0 Å². The fraction of sp³-hybridized carbons (Fsp3) is 0.400. The summed E-state index contributed by atoms with van der Waals surface area (Å²) in [6, 6.07) is 0. The van der Waals surface area contributed by atoms with E-state index in [0.717, 1.165) is 12.2 Å². The van der Waals surface area contributed by atoms with Crippen LogP contribution in [0.25, 0.3) is 0 Å². The van der Waals surface area contributed by atoms with E-state index in [2.05, 4.69) is 0 Å². The Morgan fingerprint density at radius 3 is 1.00 bits per heavy atom. The van der Waals surface area contributed by atoms with E-state index in [1.165, 1.54) is 27.7 Å². The number of ketones is 2. The van der Waals surface area contributed by atoms with Crippen molar-refractivity contribution >= 4 is 11.6 Å². The average Bonchev–Trinajstić information content (AvgIpc) is 1.79. The molecule has 0 saturated carbocycles. The number of hydrogen-bond donors (Lipinski definition) is 0. The molecule has 0 aliphatic rings. The standard InChI is InChI=1S/2C5H8O2.Cu/c2*1-4(6)3-5(2)7;/h2*3,6H,1-2H3;/p-2/b2*4-3-;. The predicted molar refractivity (Wildman–Crippen MR) is 48.9 cm³/mol. The van der Waals surface area contributed by atoms with Crippen LogP contribution in [-0.4, -0.2) is 11.6 Å². The van der Waals surface area contributed by atoms with Crippen molar-refractivity contribution in [2.24, 2.45) is 0 Å². The van der Waals surface area contributed by atoms with Gasteiger partial charge >= 0.3 is 0 Å². The maximum atomic E-state index is 9.98. The molecular weight excluding hydrogens is 248 g/mol. The normalized spacial score (nSPS) is 10.7. The van der Waals surface area contributed by atoms with Gasteiger partial charge in [-0.1, -0.05) is 13.8 Å². The van der Waals surface area contributed by atoms with Gasteiger partial charge in [-0.3, -0.25) is 9.59 Å². The van der Waals surface area contributed by atoms with Crippen molar-refractivity contribution in [1.29, 1.82) is 0 Å². The third kappa shape index (κ3) is 32.2. The van der Waals surface area contributed by atoms with Crippen LogP contribution in [0.15, 0.2) is 23.7 Å². The summed E-state index contributed by atoms with van der Waals surface area (Å²) in [5, 5.41) is 20.0. The maximum Gasteiger partial charge on any atom is 0.151 e. The molecule has 1 radical (unpaired) electrons. The van der Waals surface area contributed by atoms with Gasteiger partial charge in [0.2, 0.25) is 0 Å². The third-order valence-electron chi connectivity index (χ3n) is 0.813. The molecule has 0 saturated heterocycles. The molecule has 0 spiro atoms. The summed E-state index contributed by atoms with van der Waals surface area (Å²) >= 11 is 0. The second-order valence-corrected chi connectivity index (χ2v) is 2.73. The zero-order valence-electron chi connectivity index (χ0n) is 9.09. The first-order valence-corrected chi connectivity index (χ1v) is 3.97. The minimum absolute atomic E-state index is 0. The van der Waals surface area contributed by atoms with Gasteiger partial charge in [0.15, 0.2) is 11.6 Å². The molecule has 0 atom stereocenters. The first-order valence-electron chi connectivity index (χ1n) is 3.97. The Hall–Kier alpha value is -1.06. The van der Waals surface area contributed by atoms with Crippen molar-refractivity contribution < 1.29 is 36.9 Å². The summed E-state index contributed by atoms with van der Waals surface area (Å²) in [6.45, 7) is 5.39. The molecule has 0 rings (SSSR count). The largest absolute Gasteiger partial charge is 0.876 e. The molecule has 0 fully saturated rings. The fourth-order valence-electron chi connectivity index (χ4n) is 0.572. The van der Waals surface area contributed by atoms with Gasteiger partial charge in [-0.2, -0.15) is 0 Å². The molecule has 0 aliphatic carbocycles. The van der Waals surface area contributed by atoms with Crippen LogP contribution in [0.5, 0.6) is 0 Å². The molecule has 15 heavy (non-hydrogen) atoms. The van der Waals surface area contributed by atoms with Crippen molar-refractivity contribution in [2.45, 2.75) is 27.7 Å². The van der Waals surface area contributed by atoms with Crippen LogP contribution in [0.1, 0.15) is 27.7 Å². The van der Waals surface area contributed by atoms with Gasteiger partial charge in [-0.25, -0.2) is 0 Å². The summed E-state index contributed by atoms with van der Waals surface area (Å²) in [7, 11) is 0. The minimum Gasteiger partial charge on any atom is -0.876 e. The molecule has 0 bridgehead atoms. The average molecular weight is 262 g/mol. The summed E-state index contributed by atoms with van der Waals surface area (Å²) in [5.74, 6) is -0.750. The van der Waals surface area contributed by atoms with Crippen molar-refractivity contribution in [2.75, 3.05) is 0 Å². The Morgan fingerprint density at radius 1 is 0.800 bits per heavy atom. The zero-order chi connectivity index (χ0) is 11.7. The van der Waals surface area contributed by atoms with Crippen molar-refractivity contribution in [3.8, 4) is 0 Å². The number of allylic oxidation sites excluding steroid dienone is 4. The molecule has 91 valence electrons. The van der Waals surface area contributed by atoms with E-state index in [4.69, 9.17) is 0 Å². The monoisotopic (exact) mass is 261 g/mol. The maximum absolute atomic E-state index is 9.98. The van der Waals surface area contributed by atoms with Crippen LogP contribution in [0.4, 0.5) is 0 Å². The van der Waals surface area contributed by atoms with Crippen LogP contribution < -0.4 is 10.2 Å². The number of carbonyl (C=O) groups excluding carboxylic acids is 2. The van der Waals surface area contributed by atoms with Gasteiger partial charge in [-0.15, -0.1) is 11.5 Å². The molecule has 0 heterocycles. The topological polar surface area (TPSA) is 80.3 Å². The van der Waals surface area contributed by atoms with E-state index in [1.54, 1.807) is 0 Å². The van der Waals surface area contributed by atoms with Gasteiger partial charge < -0.3 is 10.2 Å². The van der Waals surface area contributed by atoms with E-state index in [-0.39, 0.29) is 40.2 Å². The Balaban J connectivity index is -0.000000180. The van der Waals surface area contributed by atoms with Crippen LogP contribution in [0.2, 0.25) is 0 Å². The second kappa shape index (κ2) is 11.0. The number of carbonyl (C=O) groups is 2. The molecular formula is C10H14CuO4-2.